The number of nitrogen functional groups attached to an aromatic ring is 2. The molecular weight excluding hydrogens is 604 g/mol. The maximum Gasteiger partial charge on any atom is 0.227 e. The van der Waals surface area contributed by atoms with Crippen LogP contribution in [-0.2, 0) is 13.2 Å². The predicted molar refractivity (Wildman–Crippen MR) is 188 cm³/mol. The highest BCUT2D eigenvalue weighted by Crippen LogP contribution is 2.35. The molecule has 7 N–H and O–H groups in total. The molecule has 9 rings (SSSR count). The third-order valence-corrected chi connectivity index (χ3v) is 10.4. The van der Waals surface area contributed by atoms with Crippen molar-refractivity contribution in [2.45, 2.75) is 63.8 Å². The molecule has 0 spiro atoms. The Morgan fingerprint density at radius 2 is 1.60 bits per heavy atom. The summed E-state index contributed by atoms with van der Waals surface area (Å²) in [6.07, 6.45) is 6.82. The molecule has 48 heavy (non-hydrogen) atoms. The van der Waals surface area contributed by atoms with Gasteiger partial charge in [-0.1, -0.05) is 18.2 Å². The van der Waals surface area contributed by atoms with Gasteiger partial charge < -0.3 is 32.1 Å². The number of nitrogens with zero attached hydrogens (tertiary/aromatic N) is 8. The fraction of sp³-hybridized carbons (Fsp3) is 0.429. The maximum atomic E-state index is 9.41. The van der Waals surface area contributed by atoms with E-state index in [9.17, 15) is 5.11 Å². The Morgan fingerprint density at radius 3 is 2.38 bits per heavy atom. The van der Waals surface area contributed by atoms with Crippen molar-refractivity contribution >= 4 is 45.6 Å². The highest BCUT2D eigenvalue weighted by Gasteiger charge is 2.40. The molecule has 8 heterocycles. The smallest absolute Gasteiger partial charge is 0.227 e. The Morgan fingerprint density at radius 1 is 0.854 bits per heavy atom. The molecule has 0 atom stereocenters. The first-order chi connectivity index (χ1) is 23.3. The highest BCUT2D eigenvalue weighted by atomic mass is 16.3. The molecule has 1 aromatic carbocycles. The van der Waals surface area contributed by atoms with Gasteiger partial charge in [0.05, 0.1) is 23.1 Å². The van der Waals surface area contributed by atoms with Crippen molar-refractivity contribution < 1.29 is 5.11 Å². The van der Waals surface area contributed by atoms with Crippen molar-refractivity contribution in [3.63, 3.8) is 0 Å². The molecule has 0 amide bonds. The summed E-state index contributed by atoms with van der Waals surface area (Å²) in [5, 5.41) is 18.0. The van der Waals surface area contributed by atoms with Gasteiger partial charge in [-0.25, -0.2) is 9.97 Å². The quantitative estimate of drug-likeness (QED) is 0.165. The molecule has 4 aliphatic heterocycles. The minimum atomic E-state index is -0.103. The number of anilines is 4. The van der Waals surface area contributed by atoms with E-state index >= 15 is 0 Å². The minimum Gasteiger partial charge on any atom is -0.392 e. The second-order valence-corrected chi connectivity index (χ2v) is 13.7. The Balaban J connectivity index is 0.940. The van der Waals surface area contributed by atoms with Crippen LogP contribution >= 0.6 is 0 Å². The zero-order valence-electron chi connectivity index (χ0n) is 27.3. The van der Waals surface area contributed by atoms with Gasteiger partial charge in [-0.2, -0.15) is 19.9 Å². The summed E-state index contributed by atoms with van der Waals surface area (Å²) in [7, 11) is 0. The summed E-state index contributed by atoms with van der Waals surface area (Å²) in [5.41, 5.74) is 18.8. The van der Waals surface area contributed by atoms with Crippen molar-refractivity contribution in [2.75, 3.05) is 54.8 Å². The van der Waals surface area contributed by atoms with E-state index in [1.807, 2.05) is 0 Å². The maximum absolute atomic E-state index is 9.41. The van der Waals surface area contributed by atoms with E-state index in [0.29, 0.717) is 45.8 Å². The Bertz CT molecular complexity index is 1970. The fourth-order valence-electron chi connectivity index (χ4n) is 7.54. The van der Waals surface area contributed by atoms with E-state index in [4.69, 9.17) is 21.4 Å². The number of hydrogen-bond donors (Lipinski definition) is 5. The van der Waals surface area contributed by atoms with Crippen molar-refractivity contribution in [1.82, 2.24) is 39.7 Å². The zero-order valence-corrected chi connectivity index (χ0v) is 27.3. The number of nitrogens with two attached hydrogens (primary N) is 2. The van der Waals surface area contributed by atoms with E-state index in [0.717, 1.165) is 93.6 Å². The highest BCUT2D eigenvalue weighted by molar-refractivity contribution is 5.91. The lowest BCUT2D eigenvalue weighted by molar-refractivity contribution is 0.0987. The van der Waals surface area contributed by atoms with Crippen LogP contribution in [0.3, 0.4) is 0 Å². The number of hydrogen-bond acceptors (Lipinski definition) is 13. The molecule has 248 valence electrons. The number of aliphatic hydroxyl groups is 1. The normalized spacial score (nSPS) is 21.6. The van der Waals surface area contributed by atoms with Gasteiger partial charge in [0, 0.05) is 62.6 Å². The van der Waals surface area contributed by atoms with E-state index < -0.39 is 0 Å². The minimum absolute atomic E-state index is 0.0436. The molecule has 0 aliphatic carbocycles. The first-order valence-electron chi connectivity index (χ1n) is 16.9. The molecule has 5 aromatic rings. The first-order valence-corrected chi connectivity index (χ1v) is 16.9. The van der Waals surface area contributed by atoms with Crippen LogP contribution in [0, 0.1) is 6.92 Å². The molecule has 13 nitrogen and oxygen atoms in total. The number of rotatable bonds is 8. The van der Waals surface area contributed by atoms with Crippen molar-refractivity contribution in [3.8, 4) is 11.3 Å². The summed E-state index contributed by atoms with van der Waals surface area (Å²) >= 11 is 0. The van der Waals surface area contributed by atoms with Gasteiger partial charge in [0.25, 0.3) is 0 Å². The summed E-state index contributed by atoms with van der Waals surface area (Å²) in [6.45, 7) is 8.04. The number of aromatic nitrogens is 6. The largest absolute Gasteiger partial charge is 0.392 e. The summed E-state index contributed by atoms with van der Waals surface area (Å²) < 4.78 is 0. The SMILES string of the molecule is Cc1cc(-c2cccc(CN3CCC(Nc4nc(N)c5cc(CO)cnc5n4)CC3)c2)nc2nc(NC34CCN(CC3)CC4)nc(N)c12. The lowest BCUT2D eigenvalue weighted by Gasteiger charge is -2.48. The number of fused-ring (bicyclic) bond motifs is 5. The topological polar surface area (TPSA) is 180 Å². The number of pyridine rings is 2. The lowest BCUT2D eigenvalue weighted by Crippen LogP contribution is -2.56. The molecule has 13 heteroatoms. The molecule has 4 aromatic heterocycles. The van der Waals surface area contributed by atoms with Gasteiger partial charge >= 0.3 is 0 Å². The molecular formula is C35H42N12O. The van der Waals surface area contributed by atoms with Crippen LogP contribution in [0.25, 0.3) is 33.3 Å². The zero-order chi connectivity index (χ0) is 32.8. The number of benzene rings is 1. The molecule has 0 unspecified atom stereocenters. The summed E-state index contributed by atoms with van der Waals surface area (Å²) in [6, 6.07) is 12.7. The van der Waals surface area contributed by atoms with E-state index in [1.54, 1.807) is 12.3 Å². The third kappa shape index (κ3) is 6.04. The van der Waals surface area contributed by atoms with Crippen LogP contribution in [0.1, 0.15) is 48.8 Å². The fourth-order valence-corrected chi connectivity index (χ4v) is 7.54. The van der Waals surface area contributed by atoms with Crippen LogP contribution in [0.4, 0.5) is 23.5 Å². The van der Waals surface area contributed by atoms with E-state index in [1.165, 1.54) is 5.56 Å². The number of nitrogens with one attached hydrogen (secondary N) is 2. The molecule has 0 radical (unpaired) electrons. The molecule has 4 fully saturated rings. The number of aryl methyl sites for hydroxylation is 1. The molecule has 2 bridgehead atoms. The van der Waals surface area contributed by atoms with Crippen LogP contribution in [0.15, 0.2) is 42.6 Å². The van der Waals surface area contributed by atoms with Crippen LogP contribution < -0.4 is 22.1 Å². The first kappa shape index (κ1) is 30.6. The van der Waals surface area contributed by atoms with Gasteiger partial charge in [0.2, 0.25) is 11.9 Å². The summed E-state index contributed by atoms with van der Waals surface area (Å²) in [5.74, 6) is 1.90. The standard InChI is InChI=1S/C35H42N12O/c1-21-15-27(40-32-28(21)30(37)42-34(44-32)45-35-7-12-46(13-8-35)14-9-35)24-4-2-3-22(16-24)19-47-10-5-25(6-11-47)39-33-41-29(36)26-17-23(20-48)18-38-31(26)43-33/h2-4,15-18,25,48H,5-14,19-20H2,1H3,(H3,36,38,39,41,43)(H3,37,40,42,44,45). The molecule has 4 aliphatic rings. The second kappa shape index (κ2) is 12.4. The van der Waals surface area contributed by atoms with Gasteiger partial charge in [0.15, 0.2) is 11.3 Å². The van der Waals surface area contributed by atoms with Gasteiger partial charge in [-0.15, -0.1) is 0 Å². The summed E-state index contributed by atoms with van der Waals surface area (Å²) in [4.78, 5) is 33.0. The Labute approximate surface area is 279 Å². The van der Waals surface area contributed by atoms with Crippen molar-refractivity contribution in [3.05, 3.63) is 59.3 Å². The number of likely N-dealkylation sites (tertiary alicyclic amines) is 1. The van der Waals surface area contributed by atoms with Gasteiger partial charge in [0.1, 0.15) is 11.6 Å². The van der Waals surface area contributed by atoms with E-state index in [2.05, 4.69) is 77.6 Å². The predicted octanol–water partition coefficient (Wildman–Crippen LogP) is 3.72. The van der Waals surface area contributed by atoms with Crippen molar-refractivity contribution in [2.24, 2.45) is 0 Å². The van der Waals surface area contributed by atoms with Crippen LogP contribution in [0.2, 0.25) is 0 Å². The molecule has 0 saturated carbocycles. The molecule has 4 saturated heterocycles. The van der Waals surface area contributed by atoms with Crippen LogP contribution in [-0.4, -0.2) is 89.1 Å². The second-order valence-electron chi connectivity index (χ2n) is 13.7. The average molecular weight is 647 g/mol. The Kier molecular flexibility index (Phi) is 7.89. The Hall–Kier alpha value is -4.72. The van der Waals surface area contributed by atoms with E-state index in [-0.39, 0.29) is 18.2 Å². The van der Waals surface area contributed by atoms with Gasteiger partial charge in [-0.3, -0.25) is 4.90 Å². The average Bonchev–Trinajstić information content (AvgIpc) is 3.09. The van der Waals surface area contributed by atoms with Crippen LogP contribution in [0.5, 0.6) is 0 Å². The third-order valence-electron chi connectivity index (χ3n) is 10.4. The van der Waals surface area contributed by atoms with Crippen molar-refractivity contribution in [1.29, 1.82) is 0 Å². The monoisotopic (exact) mass is 646 g/mol. The van der Waals surface area contributed by atoms with Gasteiger partial charge in [-0.05, 0) is 73.9 Å². The number of aliphatic hydroxyl groups excluding tert-OH is 1. The number of piperidine rings is 4. The lowest BCUT2D eigenvalue weighted by atomic mass is 9.80.